The van der Waals surface area contributed by atoms with Crippen LogP contribution in [0.2, 0.25) is 0 Å². The third-order valence-electron chi connectivity index (χ3n) is 5.72. The number of carbonyl (C=O) groups is 1. The maximum Gasteiger partial charge on any atom is 0.258 e. The Morgan fingerprint density at radius 1 is 1.22 bits per heavy atom. The van der Waals surface area contributed by atoms with Crippen LogP contribution in [0.4, 0.5) is 10.1 Å². The van der Waals surface area contributed by atoms with E-state index in [1.165, 1.54) is 6.07 Å². The Hall–Kier alpha value is -2.66. The zero-order valence-electron chi connectivity index (χ0n) is 15.5. The van der Waals surface area contributed by atoms with Gasteiger partial charge in [0.1, 0.15) is 5.82 Å². The molecule has 1 spiro atoms. The summed E-state index contributed by atoms with van der Waals surface area (Å²) in [4.78, 5) is 19.1. The maximum atomic E-state index is 13.9. The molecule has 4 nitrogen and oxygen atoms in total. The Morgan fingerprint density at radius 2 is 2.04 bits per heavy atom. The molecule has 0 bridgehead atoms. The summed E-state index contributed by atoms with van der Waals surface area (Å²) < 4.78 is 13.9. The molecule has 2 aromatic carbocycles. The number of hydrogen-bond acceptors (Lipinski definition) is 2. The smallest absolute Gasteiger partial charge is 0.258 e. The fourth-order valence-corrected chi connectivity index (χ4v) is 4.68. The van der Waals surface area contributed by atoms with Crippen LogP contribution >= 0.6 is 0 Å². The minimum absolute atomic E-state index is 0.0466. The lowest BCUT2D eigenvalue weighted by Crippen LogP contribution is -2.55. The van der Waals surface area contributed by atoms with Gasteiger partial charge < -0.3 is 9.88 Å². The second-order valence-electron chi connectivity index (χ2n) is 7.92. The number of rotatable bonds is 2. The van der Waals surface area contributed by atoms with Gasteiger partial charge in [0.2, 0.25) is 0 Å². The second-order valence-corrected chi connectivity index (χ2v) is 7.92. The van der Waals surface area contributed by atoms with E-state index < -0.39 is 5.54 Å². The fraction of sp³-hybridized carbons (Fsp3) is 0.318. The van der Waals surface area contributed by atoms with Crippen molar-refractivity contribution in [2.75, 3.05) is 18.0 Å². The Bertz CT molecular complexity index is 1070. The first-order valence-electron chi connectivity index (χ1n) is 9.49. The number of amides is 1. The van der Waals surface area contributed by atoms with Crippen molar-refractivity contribution in [2.24, 2.45) is 5.92 Å². The van der Waals surface area contributed by atoms with Crippen LogP contribution in [-0.2, 0) is 16.8 Å². The number of para-hydroxylation sites is 1. The first-order valence-corrected chi connectivity index (χ1v) is 9.49. The number of hydrogen-bond donors (Lipinski definition) is 2. The molecule has 27 heavy (non-hydrogen) atoms. The number of H-pyrrole nitrogens is 1. The largest absolute Gasteiger partial charge is 0.356 e. The molecule has 0 aliphatic carbocycles. The maximum absolute atomic E-state index is 13.9. The molecule has 5 heteroatoms. The van der Waals surface area contributed by atoms with Crippen molar-refractivity contribution in [3.05, 3.63) is 65.1 Å². The predicted octanol–water partition coefficient (Wildman–Crippen LogP) is 3.70. The van der Waals surface area contributed by atoms with Gasteiger partial charge in [-0.15, -0.1) is 0 Å². The van der Waals surface area contributed by atoms with Gasteiger partial charge in [0, 0.05) is 35.2 Å². The van der Waals surface area contributed by atoms with Crippen molar-refractivity contribution >= 4 is 22.5 Å². The number of benzene rings is 2. The van der Waals surface area contributed by atoms with E-state index >= 15 is 0 Å². The summed E-state index contributed by atoms with van der Waals surface area (Å²) in [5.41, 5.74) is 3.78. The lowest BCUT2D eigenvalue weighted by atomic mass is 9.82. The summed E-state index contributed by atoms with van der Waals surface area (Å²) in [5.74, 6) is 0.152. The van der Waals surface area contributed by atoms with E-state index in [0.717, 1.165) is 39.8 Å². The lowest BCUT2D eigenvalue weighted by molar-refractivity contribution is -0.123. The van der Waals surface area contributed by atoms with Crippen LogP contribution in [0.25, 0.3) is 10.9 Å². The number of aromatic amines is 1. The molecule has 0 saturated carbocycles. The highest BCUT2D eigenvalue weighted by Gasteiger charge is 2.55. The Balaban J connectivity index is 1.79. The van der Waals surface area contributed by atoms with Gasteiger partial charge in [0.05, 0.1) is 5.69 Å². The van der Waals surface area contributed by atoms with Crippen LogP contribution in [0.3, 0.4) is 0 Å². The molecule has 0 radical (unpaired) electrons. The number of aromatic nitrogens is 1. The molecule has 2 aliphatic heterocycles. The molecule has 3 aromatic rings. The number of fused-ring (bicyclic) bond motifs is 6. The molecule has 1 atom stereocenters. The van der Waals surface area contributed by atoms with Crippen LogP contribution in [0.1, 0.15) is 30.7 Å². The normalized spacial score (nSPS) is 21.3. The number of nitrogens with one attached hydrogen (secondary N) is 2. The second kappa shape index (κ2) is 5.67. The molecular weight excluding hydrogens is 341 g/mol. The van der Waals surface area contributed by atoms with Crippen LogP contribution in [0.5, 0.6) is 0 Å². The van der Waals surface area contributed by atoms with Crippen molar-refractivity contribution in [1.82, 2.24) is 10.3 Å². The Morgan fingerprint density at radius 3 is 2.85 bits per heavy atom. The first kappa shape index (κ1) is 16.5. The number of halogens is 1. The molecule has 1 amide bonds. The molecule has 0 fully saturated rings. The minimum atomic E-state index is -0.922. The standard InChI is InChI=1S/C22H22FN3O/c1-13(2)12-26-19-6-4-3-5-17(19)22(21(26)27)20-15(9-10-24-22)16-11-14(23)7-8-18(16)25-20/h3-8,11,13,24-25H,9-10,12H2,1-2H3. The van der Waals surface area contributed by atoms with E-state index in [9.17, 15) is 9.18 Å². The quantitative estimate of drug-likeness (QED) is 0.729. The van der Waals surface area contributed by atoms with Gasteiger partial charge >= 0.3 is 0 Å². The average Bonchev–Trinajstić information content (AvgIpc) is 3.13. The number of anilines is 1. The molecule has 138 valence electrons. The van der Waals surface area contributed by atoms with Crippen molar-refractivity contribution < 1.29 is 9.18 Å². The summed E-state index contributed by atoms with van der Waals surface area (Å²) in [6.45, 7) is 5.58. The molecule has 3 heterocycles. The predicted molar refractivity (Wildman–Crippen MR) is 104 cm³/mol. The third kappa shape index (κ3) is 2.15. The Kier molecular flexibility index (Phi) is 3.46. The molecule has 0 saturated heterocycles. The fourth-order valence-electron chi connectivity index (χ4n) is 4.68. The zero-order valence-corrected chi connectivity index (χ0v) is 15.5. The zero-order chi connectivity index (χ0) is 18.8. The van der Waals surface area contributed by atoms with E-state index in [4.69, 9.17) is 0 Å². The summed E-state index contributed by atoms with van der Waals surface area (Å²) in [7, 11) is 0. The highest BCUT2D eigenvalue weighted by Crippen LogP contribution is 2.48. The van der Waals surface area contributed by atoms with Crippen molar-refractivity contribution in [1.29, 1.82) is 0 Å². The van der Waals surface area contributed by atoms with Gasteiger partial charge in [-0.1, -0.05) is 32.0 Å². The topological polar surface area (TPSA) is 48.1 Å². The van der Waals surface area contributed by atoms with E-state index in [2.05, 4.69) is 24.1 Å². The van der Waals surface area contributed by atoms with Gasteiger partial charge in [0.15, 0.2) is 5.54 Å². The molecule has 5 rings (SSSR count). The summed E-state index contributed by atoms with van der Waals surface area (Å²) in [5, 5.41) is 4.39. The molecular formula is C22H22FN3O. The number of nitrogens with zero attached hydrogens (tertiary/aromatic N) is 1. The van der Waals surface area contributed by atoms with Gasteiger partial charge in [-0.05, 0) is 42.2 Å². The van der Waals surface area contributed by atoms with E-state index in [1.807, 2.05) is 29.2 Å². The van der Waals surface area contributed by atoms with Crippen LogP contribution in [0.15, 0.2) is 42.5 Å². The summed E-state index contributed by atoms with van der Waals surface area (Å²) >= 11 is 0. The molecule has 2 N–H and O–H groups in total. The highest BCUT2D eigenvalue weighted by atomic mass is 19.1. The van der Waals surface area contributed by atoms with E-state index in [-0.39, 0.29) is 11.7 Å². The van der Waals surface area contributed by atoms with Crippen molar-refractivity contribution in [3.63, 3.8) is 0 Å². The van der Waals surface area contributed by atoms with Gasteiger partial charge in [-0.2, -0.15) is 0 Å². The van der Waals surface area contributed by atoms with Crippen LogP contribution < -0.4 is 10.2 Å². The Labute approximate surface area is 157 Å². The SMILES string of the molecule is CC(C)CN1C(=O)C2(NCCc3c2[nH]c2ccc(F)cc32)c2ccccc21. The molecule has 1 aromatic heterocycles. The molecule has 1 unspecified atom stereocenters. The lowest BCUT2D eigenvalue weighted by Gasteiger charge is -2.34. The van der Waals surface area contributed by atoms with E-state index in [0.29, 0.717) is 19.0 Å². The van der Waals surface area contributed by atoms with Gasteiger partial charge in [-0.25, -0.2) is 4.39 Å². The summed E-state index contributed by atoms with van der Waals surface area (Å²) in [6, 6.07) is 12.8. The average molecular weight is 363 g/mol. The van der Waals surface area contributed by atoms with Gasteiger partial charge in [0.25, 0.3) is 5.91 Å². The van der Waals surface area contributed by atoms with Gasteiger partial charge in [-0.3, -0.25) is 10.1 Å². The first-order chi connectivity index (χ1) is 13.0. The third-order valence-corrected chi connectivity index (χ3v) is 5.72. The molecule has 2 aliphatic rings. The highest BCUT2D eigenvalue weighted by molar-refractivity contribution is 6.11. The van der Waals surface area contributed by atoms with E-state index in [1.54, 1.807) is 12.1 Å². The van der Waals surface area contributed by atoms with Crippen LogP contribution in [0, 0.1) is 11.7 Å². The number of carbonyl (C=O) groups excluding carboxylic acids is 1. The van der Waals surface area contributed by atoms with Crippen molar-refractivity contribution in [2.45, 2.75) is 25.8 Å². The minimum Gasteiger partial charge on any atom is -0.356 e. The van der Waals surface area contributed by atoms with Crippen molar-refractivity contribution in [3.8, 4) is 0 Å². The van der Waals surface area contributed by atoms with Crippen LogP contribution in [-0.4, -0.2) is 24.0 Å². The monoisotopic (exact) mass is 363 g/mol. The summed E-state index contributed by atoms with van der Waals surface area (Å²) in [6.07, 6.45) is 0.764.